The molecule has 0 heterocycles. The van der Waals surface area contributed by atoms with Gasteiger partial charge in [0.15, 0.2) is 0 Å². The molecule has 0 aromatic heterocycles. The summed E-state index contributed by atoms with van der Waals surface area (Å²) < 4.78 is 5.93. The minimum atomic E-state index is -0.254. The summed E-state index contributed by atoms with van der Waals surface area (Å²) in [5.41, 5.74) is 3.29. The third-order valence-corrected chi connectivity index (χ3v) is 2.24. The number of rotatable bonds is 5. The Balaban J connectivity index is 2.37. The number of carbonyl (C=O) groups is 1. The Morgan fingerprint density at radius 2 is 2.19 bits per heavy atom. The van der Waals surface area contributed by atoms with Crippen molar-refractivity contribution < 1.29 is 9.53 Å². The van der Waals surface area contributed by atoms with E-state index in [9.17, 15) is 4.79 Å². The summed E-state index contributed by atoms with van der Waals surface area (Å²) >= 11 is 3.33. The average Bonchev–Trinajstić information content (AvgIpc) is 2.29. The number of amides is 1. The van der Waals surface area contributed by atoms with Crippen LogP contribution in [0, 0.1) is 0 Å². The van der Waals surface area contributed by atoms with E-state index in [0.29, 0.717) is 6.61 Å². The lowest BCUT2D eigenvalue weighted by molar-refractivity contribution is -0.125. The van der Waals surface area contributed by atoms with Gasteiger partial charge in [-0.05, 0) is 24.6 Å². The van der Waals surface area contributed by atoms with E-state index in [1.165, 1.54) is 0 Å². The fraction of sp³-hybridized carbons (Fsp3) is 0.273. The van der Waals surface area contributed by atoms with Crippen molar-refractivity contribution >= 4 is 28.1 Å². The number of nitrogens with one attached hydrogen (secondary N) is 1. The quantitative estimate of drug-likeness (QED) is 0.664. The fourth-order valence-corrected chi connectivity index (χ4v) is 1.22. The van der Waals surface area contributed by atoms with Crippen LogP contribution in [0.3, 0.4) is 0 Å². The molecule has 0 aliphatic rings. The van der Waals surface area contributed by atoms with Crippen LogP contribution in [0.4, 0.5) is 0 Å². The summed E-state index contributed by atoms with van der Waals surface area (Å²) in [5.74, 6) is -0.254. The van der Waals surface area contributed by atoms with E-state index in [4.69, 9.17) is 4.74 Å². The molecule has 5 heteroatoms. The number of hydrogen-bond acceptors (Lipinski definition) is 3. The summed E-state index contributed by atoms with van der Waals surface area (Å²) in [6, 6.07) is 7.59. The molecule has 1 N–H and O–H groups in total. The van der Waals surface area contributed by atoms with Crippen molar-refractivity contribution in [3.05, 3.63) is 34.3 Å². The first-order valence-corrected chi connectivity index (χ1v) is 5.67. The summed E-state index contributed by atoms with van der Waals surface area (Å²) in [7, 11) is 0. The number of ether oxygens (including phenoxy) is 1. The van der Waals surface area contributed by atoms with Crippen LogP contribution in [0.25, 0.3) is 0 Å². The molecule has 4 nitrogen and oxygen atoms in total. The minimum Gasteiger partial charge on any atom is -0.372 e. The predicted molar refractivity (Wildman–Crippen MR) is 66.4 cm³/mol. The van der Waals surface area contributed by atoms with Gasteiger partial charge in [-0.3, -0.25) is 4.79 Å². The van der Waals surface area contributed by atoms with Crippen LogP contribution in [-0.2, 0) is 9.53 Å². The normalized spacial score (nSPS) is 10.6. The molecular formula is C11H13BrN2O2. The SMILES string of the molecule is CCOCC(=O)N/N=C/c1ccc(Br)cc1. The van der Waals surface area contributed by atoms with Crippen molar-refractivity contribution in [2.45, 2.75) is 6.92 Å². The second kappa shape index (κ2) is 7.14. The third kappa shape index (κ3) is 5.04. The molecule has 0 aliphatic carbocycles. The molecule has 0 spiro atoms. The molecule has 0 saturated carbocycles. The fourth-order valence-electron chi connectivity index (χ4n) is 0.955. The second-order valence-corrected chi connectivity index (χ2v) is 3.90. The molecule has 0 unspecified atom stereocenters. The summed E-state index contributed by atoms with van der Waals surface area (Å²) in [6.07, 6.45) is 1.58. The topological polar surface area (TPSA) is 50.7 Å². The third-order valence-electron chi connectivity index (χ3n) is 1.71. The number of benzene rings is 1. The lowest BCUT2D eigenvalue weighted by Gasteiger charge is -1.99. The van der Waals surface area contributed by atoms with Gasteiger partial charge in [-0.2, -0.15) is 5.10 Å². The van der Waals surface area contributed by atoms with Gasteiger partial charge in [-0.1, -0.05) is 28.1 Å². The molecule has 0 fully saturated rings. The summed E-state index contributed by atoms with van der Waals surface area (Å²) in [5, 5.41) is 3.80. The van der Waals surface area contributed by atoms with Crippen LogP contribution < -0.4 is 5.43 Å². The molecule has 86 valence electrons. The predicted octanol–water partition coefficient (Wildman–Crippen LogP) is 1.94. The second-order valence-electron chi connectivity index (χ2n) is 2.98. The van der Waals surface area contributed by atoms with Crippen molar-refractivity contribution in [3.63, 3.8) is 0 Å². The first-order valence-electron chi connectivity index (χ1n) is 4.87. The summed E-state index contributed by atoms with van der Waals surface area (Å²) in [6.45, 7) is 2.39. The lowest BCUT2D eigenvalue weighted by Crippen LogP contribution is -2.22. The first-order chi connectivity index (χ1) is 7.72. The maximum Gasteiger partial charge on any atom is 0.266 e. The van der Waals surface area contributed by atoms with Crippen LogP contribution >= 0.6 is 15.9 Å². The van der Waals surface area contributed by atoms with Crippen LogP contribution in [-0.4, -0.2) is 25.3 Å². The smallest absolute Gasteiger partial charge is 0.266 e. The largest absolute Gasteiger partial charge is 0.372 e. The Kier molecular flexibility index (Phi) is 5.74. The van der Waals surface area contributed by atoms with E-state index in [-0.39, 0.29) is 12.5 Å². The van der Waals surface area contributed by atoms with Gasteiger partial charge in [-0.15, -0.1) is 0 Å². The van der Waals surface area contributed by atoms with Crippen molar-refractivity contribution in [1.82, 2.24) is 5.43 Å². The molecule has 0 radical (unpaired) electrons. The van der Waals surface area contributed by atoms with Crippen LogP contribution in [0.15, 0.2) is 33.8 Å². The van der Waals surface area contributed by atoms with Crippen molar-refractivity contribution in [2.24, 2.45) is 5.10 Å². The van der Waals surface area contributed by atoms with Gasteiger partial charge in [0.1, 0.15) is 6.61 Å². The Hall–Kier alpha value is -1.20. The maximum absolute atomic E-state index is 11.1. The molecule has 1 aromatic carbocycles. The van der Waals surface area contributed by atoms with Crippen LogP contribution in [0.2, 0.25) is 0 Å². The summed E-state index contributed by atoms with van der Waals surface area (Å²) in [4.78, 5) is 11.1. The Labute approximate surface area is 103 Å². The standard InChI is InChI=1S/C11H13BrN2O2/c1-2-16-8-11(15)14-13-7-9-3-5-10(12)6-4-9/h3-7H,2,8H2,1H3,(H,14,15)/b13-7+. The molecule has 0 aliphatic heterocycles. The minimum absolute atomic E-state index is 0.0359. The lowest BCUT2D eigenvalue weighted by atomic mass is 10.2. The van der Waals surface area contributed by atoms with E-state index in [1.807, 2.05) is 31.2 Å². The van der Waals surface area contributed by atoms with Crippen LogP contribution in [0.5, 0.6) is 0 Å². The van der Waals surface area contributed by atoms with E-state index in [1.54, 1.807) is 6.21 Å². The zero-order valence-corrected chi connectivity index (χ0v) is 10.5. The van der Waals surface area contributed by atoms with E-state index in [0.717, 1.165) is 10.0 Å². The molecular weight excluding hydrogens is 272 g/mol. The number of nitrogens with zero attached hydrogens (tertiary/aromatic N) is 1. The van der Waals surface area contributed by atoms with Crippen molar-refractivity contribution in [2.75, 3.05) is 13.2 Å². The highest BCUT2D eigenvalue weighted by Crippen LogP contribution is 2.08. The Bertz CT molecular complexity index is 363. The zero-order chi connectivity index (χ0) is 11.8. The Morgan fingerprint density at radius 3 is 2.81 bits per heavy atom. The monoisotopic (exact) mass is 284 g/mol. The molecule has 16 heavy (non-hydrogen) atoms. The van der Waals surface area contributed by atoms with Crippen molar-refractivity contribution in [1.29, 1.82) is 0 Å². The molecule has 1 aromatic rings. The zero-order valence-electron chi connectivity index (χ0n) is 8.94. The van der Waals surface area contributed by atoms with Gasteiger partial charge in [0.25, 0.3) is 5.91 Å². The van der Waals surface area contributed by atoms with E-state index < -0.39 is 0 Å². The van der Waals surface area contributed by atoms with Gasteiger partial charge in [0, 0.05) is 11.1 Å². The van der Waals surface area contributed by atoms with Gasteiger partial charge >= 0.3 is 0 Å². The number of hydrogen-bond donors (Lipinski definition) is 1. The highest BCUT2D eigenvalue weighted by molar-refractivity contribution is 9.10. The molecule has 0 bridgehead atoms. The molecule has 1 rings (SSSR count). The van der Waals surface area contributed by atoms with Crippen LogP contribution in [0.1, 0.15) is 12.5 Å². The van der Waals surface area contributed by atoms with Gasteiger partial charge < -0.3 is 4.74 Å². The van der Waals surface area contributed by atoms with E-state index >= 15 is 0 Å². The highest BCUT2D eigenvalue weighted by Gasteiger charge is 1.96. The van der Waals surface area contributed by atoms with E-state index in [2.05, 4.69) is 26.5 Å². The number of halogens is 1. The molecule has 0 saturated heterocycles. The number of carbonyl (C=O) groups excluding carboxylic acids is 1. The number of hydrazone groups is 1. The average molecular weight is 285 g/mol. The first kappa shape index (κ1) is 12.9. The highest BCUT2D eigenvalue weighted by atomic mass is 79.9. The van der Waals surface area contributed by atoms with Crippen molar-refractivity contribution in [3.8, 4) is 0 Å². The van der Waals surface area contributed by atoms with Gasteiger partial charge in [0.05, 0.1) is 6.21 Å². The molecule has 0 atom stereocenters. The van der Waals surface area contributed by atoms with Gasteiger partial charge in [0.2, 0.25) is 0 Å². The Morgan fingerprint density at radius 1 is 1.50 bits per heavy atom. The maximum atomic E-state index is 11.1. The molecule has 1 amide bonds. The van der Waals surface area contributed by atoms with Gasteiger partial charge in [-0.25, -0.2) is 5.43 Å².